The van der Waals surface area contributed by atoms with E-state index in [1.807, 2.05) is 30.3 Å². The van der Waals surface area contributed by atoms with Gasteiger partial charge in [-0.2, -0.15) is 13.2 Å². The fourth-order valence-electron chi connectivity index (χ4n) is 3.14. The van der Waals surface area contributed by atoms with E-state index >= 15 is 0 Å². The van der Waals surface area contributed by atoms with Gasteiger partial charge >= 0.3 is 6.18 Å². The SMILES string of the molecule is O=C(CSc1nnc(-c2cc(Br)ccc2O)n1-c1ccccc1)Nc1cccc(C(F)(F)F)c1. The number of carbonyl (C=O) groups excluding carboxylic acids is 1. The minimum atomic E-state index is -4.50. The van der Waals surface area contributed by atoms with E-state index in [1.54, 1.807) is 16.7 Å². The number of rotatable bonds is 6. The molecule has 174 valence electrons. The lowest BCUT2D eigenvalue weighted by molar-refractivity contribution is -0.137. The summed E-state index contributed by atoms with van der Waals surface area (Å²) in [7, 11) is 0. The molecule has 0 saturated carbocycles. The third kappa shape index (κ3) is 5.42. The molecule has 0 atom stereocenters. The van der Waals surface area contributed by atoms with E-state index in [0.29, 0.717) is 22.2 Å². The quantitative estimate of drug-likeness (QED) is 0.282. The van der Waals surface area contributed by atoms with Gasteiger partial charge in [0.1, 0.15) is 5.75 Å². The largest absolute Gasteiger partial charge is 0.507 e. The highest BCUT2D eigenvalue weighted by atomic mass is 79.9. The molecule has 2 N–H and O–H groups in total. The number of amides is 1. The van der Waals surface area contributed by atoms with Crippen LogP contribution in [0.4, 0.5) is 18.9 Å². The van der Waals surface area contributed by atoms with E-state index in [2.05, 4.69) is 31.4 Å². The summed E-state index contributed by atoms with van der Waals surface area (Å²) in [6, 6.07) is 18.5. The van der Waals surface area contributed by atoms with Gasteiger partial charge in [-0.1, -0.05) is 52.0 Å². The Morgan fingerprint density at radius 2 is 1.79 bits per heavy atom. The first-order valence-corrected chi connectivity index (χ1v) is 11.6. The highest BCUT2D eigenvalue weighted by Gasteiger charge is 2.30. The number of carbonyl (C=O) groups is 1. The minimum absolute atomic E-state index is 0.00613. The normalized spacial score (nSPS) is 11.4. The number of anilines is 1. The molecular formula is C23H16BrF3N4O2S. The standard InChI is InChI=1S/C23H16BrF3N4O2S/c24-15-9-10-19(32)18(12-15)21-29-30-22(31(21)17-7-2-1-3-8-17)34-13-20(33)28-16-6-4-5-14(11-16)23(25,26)27/h1-12,32H,13H2,(H,28,33). The van der Waals surface area contributed by atoms with Crippen molar-refractivity contribution in [3.8, 4) is 22.8 Å². The molecule has 0 aliphatic rings. The zero-order valence-electron chi connectivity index (χ0n) is 17.3. The van der Waals surface area contributed by atoms with Crippen LogP contribution in [-0.2, 0) is 11.0 Å². The number of thioether (sulfide) groups is 1. The first-order valence-electron chi connectivity index (χ1n) is 9.82. The second-order valence-electron chi connectivity index (χ2n) is 7.05. The molecule has 3 aromatic carbocycles. The van der Waals surface area contributed by atoms with Crippen LogP contribution in [-0.4, -0.2) is 31.5 Å². The molecular weight excluding hydrogens is 533 g/mol. The number of benzene rings is 3. The van der Waals surface area contributed by atoms with Crippen LogP contribution in [0.5, 0.6) is 5.75 Å². The molecule has 0 fully saturated rings. The maximum atomic E-state index is 12.9. The van der Waals surface area contributed by atoms with E-state index in [1.165, 1.54) is 18.2 Å². The van der Waals surface area contributed by atoms with Crippen molar-refractivity contribution in [2.75, 3.05) is 11.1 Å². The lowest BCUT2D eigenvalue weighted by Gasteiger charge is -2.12. The van der Waals surface area contributed by atoms with Gasteiger partial charge in [-0.15, -0.1) is 10.2 Å². The minimum Gasteiger partial charge on any atom is -0.507 e. The van der Waals surface area contributed by atoms with E-state index in [4.69, 9.17) is 0 Å². The molecule has 6 nitrogen and oxygen atoms in total. The van der Waals surface area contributed by atoms with Crippen LogP contribution in [0.3, 0.4) is 0 Å². The number of para-hydroxylation sites is 1. The van der Waals surface area contributed by atoms with Crippen molar-refractivity contribution >= 4 is 39.3 Å². The van der Waals surface area contributed by atoms with Crippen molar-refractivity contribution in [3.63, 3.8) is 0 Å². The van der Waals surface area contributed by atoms with E-state index in [9.17, 15) is 23.1 Å². The van der Waals surface area contributed by atoms with Crippen molar-refractivity contribution in [1.82, 2.24) is 14.8 Å². The molecule has 1 aromatic heterocycles. The lowest BCUT2D eigenvalue weighted by atomic mass is 10.2. The van der Waals surface area contributed by atoms with Gasteiger partial charge in [-0.25, -0.2) is 0 Å². The first kappa shape index (κ1) is 23.8. The molecule has 0 aliphatic heterocycles. The van der Waals surface area contributed by atoms with Gasteiger partial charge in [0.05, 0.1) is 16.9 Å². The van der Waals surface area contributed by atoms with Crippen molar-refractivity contribution in [3.05, 3.63) is 82.8 Å². The third-order valence-corrected chi connectivity index (χ3v) is 6.08. The number of aromatic hydroxyl groups is 1. The maximum absolute atomic E-state index is 12.9. The Balaban J connectivity index is 1.59. The van der Waals surface area contributed by atoms with Crippen LogP contribution < -0.4 is 5.32 Å². The number of nitrogens with zero attached hydrogens (tertiary/aromatic N) is 3. The number of halogens is 4. The monoisotopic (exact) mass is 548 g/mol. The summed E-state index contributed by atoms with van der Waals surface area (Å²) in [6.07, 6.45) is -4.50. The number of phenolic OH excluding ortho intramolecular Hbond substituents is 1. The number of hydrogen-bond donors (Lipinski definition) is 2. The summed E-state index contributed by atoms with van der Waals surface area (Å²) < 4.78 is 41.2. The molecule has 1 amide bonds. The average molecular weight is 549 g/mol. The zero-order valence-corrected chi connectivity index (χ0v) is 19.7. The fourth-order valence-corrected chi connectivity index (χ4v) is 4.25. The van der Waals surface area contributed by atoms with Crippen LogP contribution >= 0.6 is 27.7 Å². The maximum Gasteiger partial charge on any atom is 0.416 e. The summed E-state index contributed by atoms with van der Waals surface area (Å²) in [4.78, 5) is 12.5. The molecule has 11 heteroatoms. The lowest BCUT2D eigenvalue weighted by Crippen LogP contribution is -2.15. The average Bonchev–Trinajstić information content (AvgIpc) is 3.23. The van der Waals surface area contributed by atoms with Crippen LogP contribution in [0, 0.1) is 0 Å². The van der Waals surface area contributed by atoms with Gasteiger partial charge in [-0.3, -0.25) is 9.36 Å². The molecule has 0 radical (unpaired) electrons. The molecule has 0 bridgehead atoms. The summed E-state index contributed by atoms with van der Waals surface area (Å²) in [5, 5.41) is 21.6. The number of alkyl halides is 3. The fraction of sp³-hybridized carbons (Fsp3) is 0.0870. The Hall–Kier alpha value is -3.31. The van der Waals surface area contributed by atoms with Crippen molar-refractivity contribution < 1.29 is 23.1 Å². The summed E-state index contributed by atoms with van der Waals surface area (Å²) in [6.45, 7) is 0. The van der Waals surface area contributed by atoms with Crippen molar-refractivity contribution in [1.29, 1.82) is 0 Å². The van der Waals surface area contributed by atoms with Gasteiger partial charge in [-0.05, 0) is 48.5 Å². The Kier molecular flexibility index (Phi) is 6.94. The molecule has 1 heterocycles. The number of phenols is 1. The van der Waals surface area contributed by atoms with Gasteiger partial charge < -0.3 is 10.4 Å². The van der Waals surface area contributed by atoms with E-state index in [0.717, 1.165) is 28.4 Å². The Morgan fingerprint density at radius 1 is 1.03 bits per heavy atom. The van der Waals surface area contributed by atoms with Crippen molar-refractivity contribution in [2.24, 2.45) is 0 Å². The molecule has 4 aromatic rings. The Morgan fingerprint density at radius 3 is 2.53 bits per heavy atom. The van der Waals surface area contributed by atoms with Crippen LogP contribution in [0.1, 0.15) is 5.56 Å². The second kappa shape index (κ2) is 9.90. The predicted octanol–water partition coefficient (Wildman–Crippen LogP) is 6.15. The zero-order chi connectivity index (χ0) is 24.3. The Labute approximate surface area is 205 Å². The van der Waals surface area contributed by atoms with E-state index in [-0.39, 0.29) is 17.2 Å². The smallest absolute Gasteiger partial charge is 0.416 e. The van der Waals surface area contributed by atoms with Crippen LogP contribution in [0.15, 0.2) is 82.4 Å². The predicted molar refractivity (Wildman–Crippen MR) is 127 cm³/mol. The topological polar surface area (TPSA) is 80.0 Å². The summed E-state index contributed by atoms with van der Waals surface area (Å²) >= 11 is 4.45. The highest BCUT2D eigenvalue weighted by Crippen LogP contribution is 2.35. The van der Waals surface area contributed by atoms with E-state index < -0.39 is 17.6 Å². The highest BCUT2D eigenvalue weighted by molar-refractivity contribution is 9.10. The first-order chi connectivity index (χ1) is 16.2. The molecule has 0 spiro atoms. The van der Waals surface area contributed by atoms with Crippen molar-refractivity contribution in [2.45, 2.75) is 11.3 Å². The molecule has 34 heavy (non-hydrogen) atoms. The molecule has 0 aliphatic carbocycles. The molecule has 0 saturated heterocycles. The number of nitrogens with one attached hydrogen (secondary N) is 1. The molecule has 4 rings (SSSR count). The van der Waals surface area contributed by atoms with Gasteiger partial charge in [0, 0.05) is 15.8 Å². The van der Waals surface area contributed by atoms with Crippen LogP contribution in [0.25, 0.3) is 17.1 Å². The second-order valence-corrected chi connectivity index (χ2v) is 8.91. The van der Waals surface area contributed by atoms with Crippen LogP contribution in [0.2, 0.25) is 0 Å². The summed E-state index contributed by atoms with van der Waals surface area (Å²) in [5.74, 6) is -0.248. The van der Waals surface area contributed by atoms with Gasteiger partial charge in [0.25, 0.3) is 0 Å². The molecule has 0 unspecified atom stereocenters. The Bertz CT molecular complexity index is 1330. The number of hydrogen-bond acceptors (Lipinski definition) is 5. The summed E-state index contributed by atoms with van der Waals surface area (Å²) in [5.41, 5.74) is 0.346. The number of aromatic nitrogens is 3. The third-order valence-electron chi connectivity index (χ3n) is 4.65. The van der Waals surface area contributed by atoms with Gasteiger partial charge in [0.2, 0.25) is 5.91 Å². The van der Waals surface area contributed by atoms with Gasteiger partial charge in [0.15, 0.2) is 11.0 Å².